The second kappa shape index (κ2) is 3.04. The Bertz CT molecular complexity index is 207. The van der Waals surface area contributed by atoms with Gasteiger partial charge in [-0.1, -0.05) is 6.08 Å². The fourth-order valence-corrected chi connectivity index (χ4v) is 2.97. The lowest BCUT2D eigenvalue weighted by atomic mass is 9.90. The monoisotopic (exact) mass is 164 g/mol. The molecular formula is C11H16O. The molecule has 2 saturated carbocycles. The highest BCUT2D eigenvalue weighted by Crippen LogP contribution is 2.47. The van der Waals surface area contributed by atoms with Crippen LogP contribution in [0.1, 0.15) is 32.1 Å². The molecule has 0 aromatic carbocycles. The van der Waals surface area contributed by atoms with Gasteiger partial charge in [-0.2, -0.15) is 0 Å². The van der Waals surface area contributed by atoms with Crippen LogP contribution in [-0.4, -0.2) is 5.78 Å². The highest BCUT2D eigenvalue weighted by molar-refractivity contribution is 5.81. The van der Waals surface area contributed by atoms with E-state index in [9.17, 15) is 4.79 Å². The van der Waals surface area contributed by atoms with Crippen LogP contribution in [0.5, 0.6) is 0 Å². The van der Waals surface area contributed by atoms with Crippen LogP contribution >= 0.6 is 0 Å². The normalized spacial score (nSPS) is 40.0. The molecule has 0 saturated heterocycles. The number of carbonyl (C=O) groups is 1. The van der Waals surface area contributed by atoms with Crippen LogP contribution in [-0.2, 0) is 4.79 Å². The third-order valence-corrected chi connectivity index (χ3v) is 3.54. The molecule has 0 bridgehead atoms. The predicted octanol–water partition coefficient (Wildman–Crippen LogP) is 2.57. The third-order valence-electron chi connectivity index (χ3n) is 3.54. The minimum absolute atomic E-state index is 0.499. The van der Waals surface area contributed by atoms with E-state index in [1.54, 1.807) is 0 Å². The summed E-state index contributed by atoms with van der Waals surface area (Å²) < 4.78 is 0. The smallest absolute Gasteiger partial charge is 0.133 e. The van der Waals surface area contributed by atoms with E-state index in [0.29, 0.717) is 5.78 Å². The Morgan fingerprint density at radius 2 is 2.25 bits per heavy atom. The Labute approximate surface area is 73.8 Å². The van der Waals surface area contributed by atoms with E-state index in [1.165, 1.54) is 12.8 Å². The Kier molecular flexibility index (Phi) is 2.03. The van der Waals surface area contributed by atoms with Crippen molar-refractivity contribution in [3.8, 4) is 0 Å². The van der Waals surface area contributed by atoms with E-state index in [2.05, 4.69) is 6.58 Å². The summed E-state index contributed by atoms with van der Waals surface area (Å²) in [5, 5.41) is 0. The zero-order chi connectivity index (χ0) is 8.55. The SMILES string of the molecule is C=CCC1CCC2CC(=O)CC12. The maximum absolute atomic E-state index is 11.2. The Morgan fingerprint density at radius 3 is 3.00 bits per heavy atom. The fraction of sp³-hybridized carbons (Fsp3) is 0.727. The number of hydrogen-bond donors (Lipinski definition) is 0. The van der Waals surface area contributed by atoms with Crippen LogP contribution in [0, 0.1) is 17.8 Å². The van der Waals surface area contributed by atoms with Gasteiger partial charge in [0.1, 0.15) is 5.78 Å². The molecule has 0 aromatic rings. The average Bonchev–Trinajstić information content (AvgIpc) is 2.52. The summed E-state index contributed by atoms with van der Waals surface area (Å²) in [7, 11) is 0. The lowest BCUT2D eigenvalue weighted by Crippen LogP contribution is -2.08. The van der Waals surface area contributed by atoms with Crippen LogP contribution in [0.3, 0.4) is 0 Å². The first-order valence-electron chi connectivity index (χ1n) is 4.94. The van der Waals surface area contributed by atoms with Crippen LogP contribution < -0.4 is 0 Å². The van der Waals surface area contributed by atoms with Crippen molar-refractivity contribution in [1.82, 2.24) is 0 Å². The molecule has 2 aliphatic carbocycles. The number of allylic oxidation sites excluding steroid dienone is 1. The van der Waals surface area contributed by atoms with Crippen molar-refractivity contribution in [2.45, 2.75) is 32.1 Å². The summed E-state index contributed by atoms with van der Waals surface area (Å²) in [4.78, 5) is 11.2. The van der Waals surface area contributed by atoms with Gasteiger partial charge < -0.3 is 0 Å². The number of ketones is 1. The van der Waals surface area contributed by atoms with Crippen molar-refractivity contribution in [3.05, 3.63) is 12.7 Å². The van der Waals surface area contributed by atoms with E-state index in [-0.39, 0.29) is 0 Å². The van der Waals surface area contributed by atoms with Crippen molar-refractivity contribution in [3.63, 3.8) is 0 Å². The number of rotatable bonds is 2. The Balaban J connectivity index is 2.02. The summed E-state index contributed by atoms with van der Waals surface area (Å²) in [5.74, 6) is 2.73. The standard InChI is InChI=1S/C11H16O/c1-2-3-8-4-5-9-6-10(12)7-11(8)9/h2,8-9,11H,1,3-7H2. The van der Waals surface area contributed by atoms with Crippen LogP contribution in [0.4, 0.5) is 0 Å². The average molecular weight is 164 g/mol. The van der Waals surface area contributed by atoms with Gasteiger partial charge in [0, 0.05) is 12.8 Å². The van der Waals surface area contributed by atoms with E-state index < -0.39 is 0 Å². The molecule has 2 fully saturated rings. The second-order valence-corrected chi connectivity index (χ2v) is 4.23. The molecule has 0 heterocycles. The predicted molar refractivity (Wildman–Crippen MR) is 48.8 cm³/mol. The van der Waals surface area contributed by atoms with Gasteiger partial charge in [0.15, 0.2) is 0 Å². The second-order valence-electron chi connectivity index (χ2n) is 4.23. The van der Waals surface area contributed by atoms with Gasteiger partial charge in [0.25, 0.3) is 0 Å². The molecule has 0 aliphatic heterocycles. The summed E-state index contributed by atoms with van der Waals surface area (Å²) >= 11 is 0. The van der Waals surface area contributed by atoms with E-state index in [1.807, 2.05) is 6.08 Å². The maximum Gasteiger partial charge on any atom is 0.133 e. The van der Waals surface area contributed by atoms with Crippen LogP contribution in [0.2, 0.25) is 0 Å². The number of hydrogen-bond acceptors (Lipinski definition) is 1. The topological polar surface area (TPSA) is 17.1 Å². The van der Waals surface area contributed by atoms with Crippen LogP contribution in [0.25, 0.3) is 0 Å². The quantitative estimate of drug-likeness (QED) is 0.573. The molecule has 0 amide bonds. The molecule has 1 heteroatoms. The molecule has 0 radical (unpaired) electrons. The lowest BCUT2D eigenvalue weighted by molar-refractivity contribution is -0.118. The zero-order valence-electron chi connectivity index (χ0n) is 7.46. The van der Waals surface area contributed by atoms with Gasteiger partial charge in [-0.15, -0.1) is 6.58 Å². The first-order chi connectivity index (χ1) is 5.81. The molecule has 12 heavy (non-hydrogen) atoms. The fourth-order valence-electron chi connectivity index (χ4n) is 2.97. The van der Waals surface area contributed by atoms with Gasteiger partial charge in [0.05, 0.1) is 0 Å². The molecular weight excluding hydrogens is 148 g/mol. The summed E-state index contributed by atoms with van der Waals surface area (Å²) in [6.45, 7) is 3.77. The Morgan fingerprint density at radius 1 is 1.42 bits per heavy atom. The molecule has 2 aliphatic rings. The van der Waals surface area contributed by atoms with Gasteiger partial charge >= 0.3 is 0 Å². The zero-order valence-corrected chi connectivity index (χ0v) is 7.46. The summed E-state index contributed by atoms with van der Waals surface area (Å²) in [5.41, 5.74) is 0. The van der Waals surface area contributed by atoms with Crippen molar-refractivity contribution < 1.29 is 4.79 Å². The van der Waals surface area contributed by atoms with E-state index >= 15 is 0 Å². The highest BCUT2D eigenvalue weighted by Gasteiger charge is 2.41. The van der Waals surface area contributed by atoms with Gasteiger partial charge in [-0.05, 0) is 37.0 Å². The van der Waals surface area contributed by atoms with E-state index in [4.69, 9.17) is 0 Å². The minimum Gasteiger partial charge on any atom is -0.300 e. The molecule has 0 spiro atoms. The van der Waals surface area contributed by atoms with Gasteiger partial charge in [-0.3, -0.25) is 4.79 Å². The van der Waals surface area contributed by atoms with E-state index in [0.717, 1.165) is 37.0 Å². The van der Waals surface area contributed by atoms with Gasteiger partial charge in [0.2, 0.25) is 0 Å². The molecule has 0 N–H and O–H groups in total. The summed E-state index contributed by atoms with van der Waals surface area (Å²) in [6.07, 6.45) is 7.48. The van der Waals surface area contributed by atoms with Crippen molar-refractivity contribution in [1.29, 1.82) is 0 Å². The first kappa shape index (κ1) is 8.03. The molecule has 3 atom stereocenters. The molecule has 1 nitrogen and oxygen atoms in total. The molecule has 3 unspecified atom stereocenters. The van der Waals surface area contributed by atoms with Crippen LogP contribution in [0.15, 0.2) is 12.7 Å². The van der Waals surface area contributed by atoms with Crippen molar-refractivity contribution in [2.24, 2.45) is 17.8 Å². The molecule has 2 rings (SSSR count). The first-order valence-corrected chi connectivity index (χ1v) is 4.94. The van der Waals surface area contributed by atoms with Crippen molar-refractivity contribution in [2.75, 3.05) is 0 Å². The minimum atomic E-state index is 0.499. The van der Waals surface area contributed by atoms with Gasteiger partial charge in [-0.25, -0.2) is 0 Å². The lowest BCUT2D eigenvalue weighted by Gasteiger charge is -2.14. The number of carbonyl (C=O) groups excluding carboxylic acids is 1. The van der Waals surface area contributed by atoms with Crippen molar-refractivity contribution >= 4 is 5.78 Å². The summed E-state index contributed by atoms with van der Waals surface area (Å²) in [6, 6.07) is 0. The molecule has 66 valence electrons. The third kappa shape index (κ3) is 1.21. The number of fused-ring (bicyclic) bond motifs is 1. The Hall–Kier alpha value is -0.590. The highest BCUT2D eigenvalue weighted by atomic mass is 16.1. The largest absolute Gasteiger partial charge is 0.300 e. The number of Topliss-reactive ketones (excluding diaryl/α,β-unsaturated/α-hetero) is 1. The maximum atomic E-state index is 11.2. The molecule has 0 aromatic heterocycles.